The molecule has 0 aromatic rings. The van der Waals surface area contributed by atoms with Crippen molar-refractivity contribution in [2.45, 2.75) is 38.1 Å². The molecule has 0 spiro atoms. The summed E-state index contributed by atoms with van der Waals surface area (Å²) >= 11 is 3.70. The quantitative estimate of drug-likeness (QED) is 0.646. The molecule has 0 bridgehead atoms. The highest BCUT2D eigenvalue weighted by atomic mass is 79.9. The van der Waals surface area contributed by atoms with Crippen LogP contribution in [0.15, 0.2) is 0 Å². The molecule has 11 heavy (non-hydrogen) atoms. The molecule has 0 saturated carbocycles. The molecule has 1 fully saturated rings. The van der Waals surface area contributed by atoms with Gasteiger partial charge in [0.2, 0.25) is 0 Å². The first kappa shape index (κ1) is 9.53. The number of hydrogen-bond donors (Lipinski definition) is 0. The Kier molecular flexibility index (Phi) is 3.38. The minimum atomic E-state index is 0.719. The van der Waals surface area contributed by atoms with Crippen molar-refractivity contribution in [2.75, 3.05) is 13.1 Å². The van der Waals surface area contributed by atoms with Gasteiger partial charge in [-0.25, -0.2) is 0 Å². The standard InChI is InChI=1S/C9H18BrN/c1-4-8(3)11-5-7(2)9(10)6-11/h7-9H,4-6H2,1-3H3. The van der Waals surface area contributed by atoms with E-state index in [0.29, 0.717) is 0 Å². The summed E-state index contributed by atoms with van der Waals surface area (Å²) in [5.74, 6) is 0.823. The number of alkyl halides is 1. The Morgan fingerprint density at radius 2 is 2.18 bits per heavy atom. The molecule has 0 aromatic carbocycles. The molecule has 0 aliphatic carbocycles. The molecule has 0 aromatic heterocycles. The number of nitrogens with zero attached hydrogens (tertiary/aromatic N) is 1. The van der Waals surface area contributed by atoms with Gasteiger partial charge in [-0.15, -0.1) is 0 Å². The molecular formula is C9H18BrN. The highest BCUT2D eigenvalue weighted by Crippen LogP contribution is 2.25. The first-order valence-electron chi connectivity index (χ1n) is 4.53. The fourth-order valence-corrected chi connectivity index (χ4v) is 2.12. The normalized spacial score (nSPS) is 36.0. The first-order chi connectivity index (χ1) is 5.15. The van der Waals surface area contributed by atoms with Crippen LogP contribution < -0.4 is 0 Å². The van der Waals surface area contributed by atoms with Crippen molar-refractivity contribution in [3.63, 3.8) is 0 Å². The monoisotopic (exact) mass is 219 g/mol. The maximum Gasteiger partial charge on any atom is 0.0311 e. The van der Waals surface area contributed by atoms with Crippen LogP contribution in [0.25, 0.3) is 0 Å². The van der Waals surface area contributed by atoms with Gasteiger partial charge >= 0.3 is 0 Å². The zero-order valence-corrected chi connectivity index (χ0v) is 9.26. The van der Waals surface area contributed by atoms with Crippen molar-refractivity contribution in [3.05, 3.63) is 0 Å². The maximum atomic E-state index is 3.70. The molecule has 1 nitrogen and oxygen atoms in total. The Labute approximate surface area is 78.3 Å². The minimum Gasteiger partial charge on any atom is -0.299 e. The van der Waals surface area contributed by atoms with Gasteiger partial charge in [-0.2, -0.15) is 0 Å². The SMILES string of the molecule is CCC(C)N1CC(C)C(Br)C1. The fraction of sp³-hybridized carbons (Fsp3) is 1.00. The van der Waals surface area contributed by atoms with Crippen LogP contribution in [0.4, 0.5) is 0 Å². The van der Waals surface area contributed by atoms with Crippen molar-refractivity contribution in [3.8, 4) is 0 Å². The number of hydrogen-bond acceptors (Lipinski definition) is 1. The van der Waals surface area contributed by atoms with E-state index in [1.54, 1.807) is 0 Å². The Balaban J connectivity index is 2.40. The van der Waals surface area contributed by atoms with E-state index >= 15 is 0 Å². The molecule has 0 radical (unpaired) electrons. The third-order valence-corrected chi connectivity index (χ3v) is 3.96. The van der Waals surface area contributed by atoms with Crippen LogP contribution in [-0.4, -0.2) is 28.9 Å². The van der Waals surface area contributed by atoms with Crippen molar-refractivity contribution < 1.29 is 0 Å². The summed E-state index contributed by atoms with van der Waals surface area (Å²) in [6, 6.07) is 0.764. The molecule has 1 heterocycles. The lowest BCUT2D eigenvalue weighted by Gasteiger charge is -2.22. The molecule has 1 rings (SSSR count). The van der Waals surface area contributed by atoms with Gasteiger partial charge in [-0.1, -0.05) is 29.8 Å². The zero-order chi connectivity index (χ0) is 8.43. The van der Waals surface area contributed by atoms with E-state index in [0.717, 1.165) is 16.8 Å². The summed E-state index contributed by atoms with van der Waals surface area (Å²) in [5.41, 5.74) is 0. The highest BCUT2D eigenvalue weighted by molar-refractivity contribution is 9.09. The first-order valence-corrected chi connectivity index (χ1v) is 5.44. The lowest BCUT2D eigenvalue weighted by molar-refractivity contribution is 0.246. The third-order valence-electron chi connectivity index (χ3n) is 2.76. The molecule has 1 aliphatic rings. The molecule has 1 saturated heterocycles. The van der Waals surface area contributed by atoms with Gasteiger partial charge in [0.15, 0.2) is 0 Å². The topological polar surface area (TPSA) is 3.24 Å². The zero-order valence-electron chi connectivity index (χ0n) is 7.68. The Hall–Kier alpha value is 0.440. The molecule has 3 atom stereocenters. The molecular weight excluding hydrogens is 202 g/mol. The minimum absolute atomic E-state index is 0.719. The van der Waals surface area contributed by atoms with Crippen LogP contribution in [0.1, 0.15) is 27.2 Å². The van der Waals surface area contributed by atoms with Crippen LogP contribution >= 0.6 is 15.9 Å². The summed E-state index contributed by atoms with van der Waals surface area (Å²) in [7, 11) is 0. The van der Waals surface area contributed by atoms with Crippen molar-refractivity contribution in [1.29, 1.82) is 0 Å². The lowest BCUT2D eigenvalue weighted by atomic mass is 10.2. The van der Waals surface area contributed by atoms with E-state index in [-0.39, 0.29) is 0 Å². The van der Waals surface area contributed by atoms with E-state index < -0.39 is 0 Å². The number of likely N-dealkylation sites (tertiary alicyclic amines) is 1. The number of halogens is 1. The van der Waals surface area contributed by atoms with Gasteiger partial charge in [0, 0.05) is 24.0 Å². The molecule has 0 amide bonds. The second-order valence-electron chi connectivity index (χ2n) is 3.70. The molecule has 2 heteroatoms. The van der Waals surface area contributed by atoms with Crippen molar-refractivity contribution in [2.24, 2.45) is 5.92 Å². The summed E-state index contributed by atoms with van der Waals surface area (Å²) < 4.78 is 0. The summed E-state index contributed by atoms with van der Waals surface area (Å²) in [5, 5.41) is 0. The fourth-order valence-electron chi connectivity index (χ4n) is 1.58. The molecule has 66 valence electrons. The van der Waals surface area contributed by atoms with Gasteiger partial charge in [0.1, 0.15) is 0 Å². The van der Waals surface area contributed by atoms with E-state index in [2.05, 4.69) is 41.6 Å². The third kappa shape index (κ3) is 2.19. The summed E-state index contributed by atoms with van der Waals surface area (Å²) in [4.78, 5) is 3.29. The van der Waals surface area contributed by atoms with E-state index in [4.69, 9.17) is 0 Å². The average Bonchev–Trinajstić information content (AvgIpc) is 2.31. The summed E-state index contributed by atoms with van der Waals surface area (Å²) in [6.45, 7) is 9.40. The van der Waals surface area contributed by atoms with Crippen LogP contribution in [0.3, 0.4) is 0 Å². The second kappa shape index (κ2) is 3.90. The molecule has 1 aliphatic heterocycles. The smallest absolute Gasteiger partial charge is 0.0311 e. The Morgan fingerprint density at radius 3 is 2.55 bits per heavy atom. The van der Waals surface area contributed by atoms with Crippen LogP contribution in [0.2, 0.25) is 0 Å². The van der Waals surface area contributed by atoms with Crippen LogP contribution in [-0.2, 0) is 0 Å². The maximum absolute atomic E-state index is 3.70. The van der Waals surface area contributed by atoms with Crippen molar-refractivity contribution >= 4 is 15.9 Å². The largest absolute Gasteiger partial charge is 0.299 e. The summed E-state index contributed by atoms with van der Waals surface area (Å²) in [6.07, 6.45) is 1.27. The average molecular weight is 220 g/mol. The number of rotatable bonds is 2. The second-order valence-corrected chi connectivity index (χ2v) is 4.88. The molecule has 0 N–H and O–H groups in total. The van der Waals surface area contributed by atoms with E-state index in [1.807, 2.05) is 0 Å². The van der Waals surface area contributed by atoms with Crippen molar-refractivity contribution in [1.82, 2.24) is 4.90 Å². The van der Waals surface area contributed by atoms with E-state index in [1.165, 1.54) is 19.5 Å². The van der Waals surface area contributed by atoms with Gasteiger partial charge in [-0.3, -0.25) is 4.90 Å². The van der Waals surface area contributed by atoms with E-state index in [9.17, 15) is 0 Å². The van der Waals surface area contributed by atoms with Crippen LogP contribution in [0.5, 0.6) is 0 Å². The highest BCUT2D eigenvalue weighted by Gasteiger charge is 2.29. The molecule has 3 unspecified atom stereocenters. The van der Waals surface area contributed by atoms with Gasteiger partial charge < -0.3 is 0 Å². The Bertz CT molecular complexity index is 117. The Morgan fingerprint density at radius 1 is 1.55 bits per heavy atom. The van der Waals surface area contributed by atoms with Gasteiger partial charge in [0.25, 0.3) is 0 Å². The predicted molar refractivity (Wildman–Crippen MR) is 53.2 cm³/mol. The van der Waals surface area contributed by atoms with Gasteiger partial charge in [0.05, 0.1) is 0 Å². The van der Waals surface area contributed by atoms with Gasteiger partial charge in [-0.05, 0) is 19.3 Å². The predicted octanol–water partition coefficient (Wildman–Crippen LogP) is 2.50. The van der Waals surface area contributed by atoms with Crippen LogP contribution in [0, 0.1) is 5.92 Å². The lowest BCUT2D eigenvalue weighted by Crippen LogP contribution is -2.30.